The van der Waals surface area contributed by atoms with Gasteiger partial charge in [-0.25, -0.2) is 0 Å². The van der Waals surface area contributed by atoms with Crippen LogP contribution in [0, 0.1) is 20.8 Å². The van der Waals surface area contributed by atoms with Crippen LogP contribution in [0.1, 0.15) is 48.1 Å². The van der Waals surface area contributed by atoms with Gasteiger partial charge in [-0.15, -0.1) is 0 Å². The maximum atomic E-state index is 13.7. The molecule has 0 spiro atoms. The van der Waals surface area contributed by atoms with Crippen molar-refractivity contribution in [3.63, 3.8) is 0 Å². The van der Waals surface area contributed by atoms with Crippen molar-refractivity contribution in [1.29, 1.82) is 0 Å². The molecule has 36 heavy (non-hydrogen) atoms. The van der Waals surface area contributed by atoms with E-state index in [1.54, 1.807) is 4.90 Å². The zero-order chi connectivity index (χ0) is 26.1. The van der Waals surface area contributed by atoms with Gasteiger partial charge in [0.15, 0.2) is 6.61 Å². The van der Waals surface area contributed by atoms with Gasteiger partial charge in [-0.2, -0.15) is 0 Å². The van der Waals surface area contributed by atoms with E-state index in [1.165, 1.54) is 0 Å². The Morgan fingerprint density at radius 3 is 2.19 bits per heavy atom. The highest BCUT2D eigenvalue weighted by Crippen LogP contribution is 2.20. The van der Waals surface area contributed by atoms with Gasteiger partial charge in [-0.1, -0.05) is 84.8 Å². The van der Waals surface area contributed by atoms with Crippen LogP contribution >= 0.6 is 0 Å². The molecule has 0 fully saturated rings. The highest BCUT2D eigenvalue weighted by Gasteiger charge is 2.31. The van der Waals surface area contributed by atoms with E-state index < -0.39 is 6.04 Å². The van der Waals surface area contributed by atoms with E-state index in [0.29, 0.717) is 18.7 Å². The number of rotatable bonds is 11. The lowest BCUT2D eigenvalue weighted by molar-refractivity contribution is -0.143. The van der Waals surface area contributed by atoms with Gasteiger partial charge in [-0.3, -0.25) is 9.59 Å². The number of benzene rings is 3. The average molecular weight is 487 g/mol. The van der Waals surface area contributed by atoms with Crippen molar-refractivity contribution in [2.45, 2.75) is 66.1 Å². The molecule has 5 nitrogen and oxygen atoms in total. The smallest absolute Gasteiger partial charge is 0.261 e. The zero-order valence-corrected chi connectivity index (χ0v) is 22.1. The van der Waals surface area contributed by atoms with Crippen LogP contribution in [0.15, 0.2) is 72.8 Å². The van der Waals surface area contributed by atoms with Crippen LogP contribution in [0.5, 0.6) is 5.75 Å². The second-order valence-corrected chi connectivity index (χ2v) is 9.59. The molecule has 2 amide bonds. The number of carbonyl (C=O) groups is 2. The van der Waals surface area contributed by atoms with Crippen LogP contribution < -0.4 is 10.1 Å². The Hall–Kier alpha value is -3.60. The first kappa shape index (κ1) is 27.0. The first-order valence-electron chi connectivity index (χ1n) is 12.7. The lowest BCUT2D eigenvalue weighted by atomic mass is 10.0. The SMILES string of the molecule is CCC(C)NC(=O)C(Cc1ccccc1)N(Cc1ccc(C)cc1)C(=O)COc1ccc(C)cc1C. The van der Waals surface area contributed by atoms with E-state index in [1.807, 2.05) is 107 Å². The van der Waals surface area contributed by atoms with Crippen molar-refractivity contribution in [2.24, 2.45) is 0 Å². The van der Waals surface area contributed by atoms with Crippen LogP contribution in [0.2, 0.25) is 0 Å². The predicted molar refractivity (Wildman–Crippen MR) is 145 cm³/mol. The first-order valence-corrected chi connectivity index (χ1v) is 12.7. The molecule has 0 aromatic heterocycles. The van der Waals surface area contributed by atoms with E-state index in [9.17, 15) is 9.59 Å². The number of hydrogen-bond donors (Lipinski definition) is 1. The summed E-state index contributed by atoms with van der Waals surface area (Å²) in [5, 5.41) is 3.10. The molecule has 0 aliphatic heterocycles. The number of nitrogens with zero attached hydrogens (tertiary/aromatic N) is 1. The molecule has 3 aromatic carbocycles. The Morgan fingerprint density at radius 1 is 0.889 bits per heavy atom. The molecule has 190 valence electrons. The molecule has 0 saturated heterocycles. The predicted octanol–water partition coefficient (Wildman–Crippen LogP) is 5.55. The highest BCUT2D eigenvalue weighted by atomic mass is 16.5. The summed E-state index contributed by atoms with van der Waals surface area (Å²) in [6.45, 7) is 10.2. The second-order valence-electron chi connectivity index (χ2n) is 9.59. The van der Waals surface area contributed by atoms with Crippen molar-refractivity contribution in [3.8, 4) is 5.75 Å². The van der Waals surface area contributed by atoms with Crippen LogP contribution in [0.3, 0.4) is 0 Å². The van der Waals surface area contributed by atoms with E-state index >= 15 is 0 Å². The Morgan fingerprint density at radius 2 is 1.56 bits per heavy atom. The molecule has 5 heteroatoms. The molecule has 2 atom stereocenters. The van der Waals surface area contributed by atoms with Gasteiger partial charge >= 0.3 is 0 Å². The van der Waals surface area contributed by atoms with E-state index in [0.717, 1.165) is 34.2 Å². The van der Waals surface area contributed by atoms with Gasteiger partial charge in [0.25, 0.3) is 5.91 Å². The van der Waals surface area contributed by atoms with Crippen molar-refractivity contribution in [2.75, 3.05) is 6.61 Å². The second kappa shape index (κ2) is 12.9. The molecule has 0 aliphatic carbocycles. The van der Waals surface area contributed by atoms with E-state index in [2.05, 4.69) is 5.32 Å². The molecule has 2 unspecified atom stereocenters. The number of carbonyl (C=O) groups excluding carboxylic acids is 2. The summed E-state index contributed by atoms with van der Waals surface area (Å²) in [6.07, 6.45) is 1.23. The third kappa shape index (κ3) is 7.70. The number of hydrogen-bond acceptors (Lipinski definition) is 3. The largest absolute Gasteiger partial charge is 0.483 e. The van der Waals surface area contributed by atoms with Gasteiger partial charge in [-0.05, 0) is 56.9 Å². The first-order chi connectivity index (χ1) is 17.3. The topological polar surface area (TPSA) is 58.6 Å². The van der Waals surface area contributed by atoms with Crippen molar-refractivity contribution in [3.05, 3.63) is 101 Å². The van der Waals surface area contributed by atoms with Crippen molar-refractivity contribution < 1.29 is 14.3 Å². The van der Waals surface area contributed by atoms with E-state index in [-0.39, 0.29) is 24.5 Å². The number of ether oxygens (including phenoxy) is 1. The maximum absolute atomic E-state index is 13.7. The molecule has 1 N–H and O–H groups in total. The Labute approximate surface area is 215 Å². The monoisotopic (exact) mass is 486 g/mol. The molecule has 0 saturated carbocycles. The molecule has 0 bridgehead atoms. The third-order valence-corrected chi connectivity index (χ3v) is 6.43. The van der Waals surface area contributed by atoms with E-state index in [4.69, 9.17) is 4.74 Å². The molecule has 0 aliphatic rings. The summed E-state index contributed by atoms with van der Waals surface area (Å²) in [7, 11) is 0. The summed E-state index contributed by atoms with van der Waals surface area (Å²) in [5.41, 5.74) is 5.22. The third-order valence-electron chi connectivity index (χ3n) is 6.43. The van der Waals surface area contributed by atoms with Crippen molar-refractivity contribution >= 4 is 11.8 Å². The zero-order valence-electron chi connectivity index (χ0n) is 22.1. The summed E-state index contributed by atoms with van der Waals surface area (Å²) < 4.78 is 5.95. The molecule has 3 rings (SSSR count). The normalized spacial score (nSPS) is 12.5. The lowest BCUT2D eigenvalue weighted by Gasteiger charge is -2.32. The fraction of sp³-hybridized carbons (Fsp3) is 0.355. The Balaban J connectivity index is 1.91. The quantitative estimate of drug-likeness (QED) is 0.387. The van der Waals surface area contributed by atoms with Gasteiger partial charge < -0.3 is 15.0 Å². The maximum Gasteiger partial charge on any atom is 0.261 e. The van der Waals surface area contributed by atoms with Crippen LogP contribution in [-0.2, 0) is 22.6 Å². The van der Waals surface area contributed by atoms with Crippen LogP contribution in [-0.4, -0.2) is 35.4 Å². The van der Waals surface area contributed by atoms with Crippen LogP contribution in [0.4, 0.5) is 0 Å². The lowest BCUT2D eigenvalue weighted by Crippen LogP contribution is -2.53. The van der Waals surface area contributed by atoms with Crippen molar-refractivity contribution in [1.82, 2.24) is 10.2 Å². The fourth-order valence-electron chi connectivity index (χ4n) is 4.07. The molecular formula is C31H38N2O3. The minimum atomic E-state index is -0.669. The molecule has 0 heterocycles. The molecule has 3 aromatic rings. The molecular weight excluding hydrogens is 448 g/mol. The Kier molecular flexibility index (Phi) is 9.69. The standard InChI is InChI=1S/C31H38N2O3/c1-6-25(5)32-31(35)28(19-26-10-8-7-9-11-26)33(20-27-15-12-22(2)13-16-27)30(34)21-36-29-17-14-23(3)18-24(29)4/h7-18,25,28H,6,19-21H2,1-5H3,(H,32,35). The fourth-order valence-corrected chi connectivity index (χ4v) is 4.07. The average Bonchev–Trinajstić information content (AvgIpc) is 2.87. The minimum Gasteiger partial charge on any atom is -0.483 e. The number of amides is 2. The summed E-state index contributed by atoms with van der Waals surface area (Å²) in [4.78, 5) is 28.9. The summed E-state index contributed by atoms with van der Waals surface area (Å²) in [5.74, 6) is 0.295. The number of nitrogens with one attached hydrogen (secondary N) is 1. The minimum absolute atomic E-state index is 0.0126. The summed E-state index contributed by atoms with van der Waals surface area (Å²) in [6, 6.07) is 23.1. The summed E-state index contributed by atoms with van der Waals surface area (Å²) >= 11 is 0. The van der Waals surface area contributed by atoms with Gasteiger partial charge in [0.05, 0.1) is 0 Å². The van der Waals surface area contributed by atoms with Gasteiger partial charge in [0.1, 0.15) is 11.8 Å². The highest BCUT2D eigenvalue weighted by molar-refractivity contribution is 5.88. The van der Waals surface area contributed by atoms with Gasteiger partial charge in [0, 0.05) is 19.0 Å². The van der Waals surface area contributed by atoms with Gasteiger partial charge in [0.2, 0.25) is 5.91 Å². The molecule has 0 radical (unpaired) electrons. The number of aryl methyl sites for hydroxylation is 3. The van der Waals surface area contributed by atoms with Crippen LogP contribution in [0.25, 0.3) is 0 Å². The Bertz CT molecular complexity index is 1140.